The lowest BCUT2D eigenvalue weighted by atomic mass is 9.83. The van der Waals surface area contributed by atoms with Crippen molar-refractivity contribution in [2.45, 2.75) is 44.4 Å². The lowest BCUT2D eigenvalue weighted by Crippen LogP contribution is -2.14. The molecule has 0 aliphatic heterocycles. The Hall–Kier alpha value is 0.180. The Kier molecular flexibility index (Phi) is 5.55. The van der Waals surface area contributed by atoms with Gasteiger partial charge >= 0.3 is 0 Å². The van der Waals surface area contributed by atoms with Crippen LogP contribution in [0.3, 0.4) is 0 Å². The highest BCUT2D eigenvalue weighted by Crippen LogP contribution is 2.36. The molecule has 1 aliphatic rings. The third-order valence-electron chi connectivity index (χ3n) is 3.93. The van der Waals surface area contributed by atoms with Gasteiger partial charge in [0, 0.05) is 9.80 Å². The van der Waals surface area contributed by atoms with Crippen LogP contribution in [0, 0.1) is 5.92 Å². The first-order chi connectivity index (χ1) is 8.31. The molecule has 94 valence electrons. The SMILES string of the molecule is BrCC(c1ccc(Br)cc1)C1CCCCCC1. The summed E-state index contributed by atoms with van der Waals surface area (Å²) in [5, 5.41) is 1.10. The van der Waals surface area contributed by atoms with Gasteiger partial charge in [0.1, 0.15) is 0 Å². The fraction of sp³-hybridized carbons (Fsp3) is 0.600. The van der Waals surface area contributed by atoms with E-state index in [4.69, 9.17) is 0 Å². The molecule has 1 aromatic carbocycles. The molecule has 17 heavy (non-hydrogen) atoms. The maximum atomic E-state index is 3.72. The Morgan fingerprint density at radius 3 is 2.12 bits per heavy atom. The maximum absolute atomic E-state index is 3.72. The Morgan fingerprint density at radius 2 is 1.59 bits per heavy atom. The number of rotatable bonds is 3. The minimum atomic E-state index is 0.696. The summed E-state index contributed by atoms with van der Waals surface area (Å²) < 4.78 is 1.18. The van der Waals surface area contributed by atoms with Crippen LogP contribution in [0.1, 0.15) is 50.0 Å². The van der Waals surface area contributed by atoms with Gasteiger partial charge in [-0.2, -0.15) is 0 Å². The molecule has 0 spiro atoms. The minimum Gasteiger partial charge on any atom is -0.0921 e. The first kappa shape index (κ1) is 13.6. The molecule has 1 unspecified atom stereocenters. The van der Waals surface area contributed by atoms with Gasteiger partial charge in [0.05, 0.1) is 0 Å². The highest BCUT2D eigenvalue weighted by atomic mass is 79.9. The van der Waals surface area contributed by atoms with Crippen LogP contribution < -0.4 is 0 Å². The highest BCUT2D eigenvalue weighted by molar-refractivity contribution is 9.10. The molecule has 0 aromatic heterocycles. The third kappa shape index (κ3) is 3.82. The zero-order chi connectivity index (χ0) is 12.1. The molecule has 0 radical (unpaired) electrons. The summed E-state index contributed by atoms with van der Waals surface area (Å²) >= 11 is 7.23. The zero-order valence-electron chi connectivity index (χ0n) is 10.2. The fourth-order valence-electron chi connectivity index (χ4n) is 2.91. The van der Waals surface area contributed by atoms with Crippen molar-refractivity contribution in [1.82, 2.24) is 0 Å². The molecule has 1 aromatic rings. The summed E-state index contributed by atoms with van der Waals surface area (Å²) in [6, 6.07) is 8.89. The van der Waals surface area contributed by atoms with E-state index in [2.05, 4.69) is 56.1 Å². The van der Waals surface area contributed by atoms with E-state index in [9.17, 15) is 0 Å². The summed E-state index contributed by atoms with van der Waals surface area (Å²) in [6.07, 6.45) is 8.53. The minimum absolute atomic E-state index is 0.696. The molecule has 0 amide bonds. The Labute approximate surface area is 121 Å². The van der Waals surface area contributed by atoms with Crippen molar-refractivity contribution < 1.29 is 0 Å². The van der Waals surface area contributed by atoms with Crippen LogP contribution in [0.15, 0.2) is 28.7 Å². The molecule has 2 rings (SSSR count). The van der Waals surface area contributed by atoms with Crippen molar-refractivity contribution in [3.8, 4) is 0 Å². The van der Waals surface area contributed by atoms with Gasteiger partial charge in [-0.25, -0.2) is 0 Å². The van der Waals surface area contributed by atoms with Crippen molar-refractivity contribution in [2.24, 2.45) is 5.92 Å². The molecule has 0 bridgehead atoms. The van der Waals surface area contributed by atoms with Crippen molar-refractivity contribution in [1.29, 1.82) is 0 Å². The average Bonchev–Trinajstić information content (AvgIpc) is 2.62. The number of halogens is 2. The van der Waals surface area contributed by atoms with Gasteiger partial charge in [-0.05, 0) is 42.4 Å². The molecule has 1 fully saturated rings. The van der Waals surface area contributed by atoms with Crippen LogP contribution in [0.4, 0.5) is 0 Å². The van der Waals surface area contributed by atoms with E-state index in [1.165, 1.54) is 48.6 Å². The topological polar surface area (TPSA) is 0 Å². The van der Waals surface area contributed by atoms with E-state index in [1.54, 1.807) is 0 Å². The van der Waals surface area contributed by atoms with E-state index < -0.39 is 0 Å². The Morgan fingerprint density at radius 1 is 1.00 bits per heavy atom. The second kappa shape index (κ2) is 6.94. The standard InChI is InChI=1S/C15H20Br2/c16-11-15(12-5-3-1-2-4-6-12)13-7-9-14(17)10-8-13/h7-10,12,15H,1-6,11H2. The molecule has 1 atom stereocenters. The zero-order valence-corrected chi connectivity index (χ0v) is 13.3. The highest BCUT2D eigenvalue weighted by Gasteiger charge is 2.23. The van der Waals surface area contributed by atoms with E-state index in [0.717, 1.165) is 11.2 Å². The fourth-order valence-corrected chi connectivity index (χ4v) is 4.08. The monoisotopic (exact) mass is 358 g/mol. The largest absolute Gasteiger partial charge is 0.0921 e. The summed E-state index contributed by atoms with van der Waals surface area (Å²) in [5.74, 6) is 1.57. The first-order valence-corrected chi connectivity index (χ1v) is 8.54. The molecular weight excluding hydrogens is 340 g/mol. The molecule has 0 nitrogen and oxygen atoms in total. The number of hydrogen-bond acceptors (Lipinski definition) is 0. The van der Waals surface area contributed by atoms with E-state index in [0.29, 0.717) is 5.92 Å². The predicted molar refractivity (Wildman–Crippen MR) is 81.9 cm³/mol. The van der Waals surface area contributed by atoms with E-state index >= 15 is 0 Å². The molecular formula is C15H20Br2. The average molecular weight is 360 g/mol. The van der Waals surface area contributed by atoms with Gasteiger partial charge in [-0.1, -0.05) is 69.7 Å². The number of hydrogen-bond donors (Lipinski definition) is 0. The van der Waals surface area contributed by atoms with Crippen LogP contribution in [-0.2, 0) is 0 Å². The van der Waals surface area contributed by atoms with Gasteiger partial charge < -0.3 is 0 Å². The van der Waals surface area contributed by atoms with Gasteiger partial charge in [-0.3, -0.25) is 0 Å². The maximum Gasteiger partial charge on any atom is 0.0175 e. The Bertz CT molecular complexity index is 323. The summed E-state index contributed by atoms with van der Waals surface area (Å²) in [6.45, 7) is 0. The van der Waals surface area contributed by atoms with Crippen molar-refractivity contribution in [2.75, 3.05) is 5.33 Å². The molecule has 0 N–H and O–H groups in total. The Balaban J connectivity index is 2.11. The number of alkyl halides is 1. The van der Waals surface area contributed by atoms with Gasteiger partial charge in [0.15, 0.2) is 0 Å². The van der Waals surface area contributed by atoms with Crippen molar-refractivity contribution in [3.05, 3.63) is 34.3 Å². The van der Waals surface area contributed by atoms with Gasteiger partial charge in [0.25, 0.3) is 0 Å². The smallest absolute Gasteiger partial charge is 0.0175 e. The second-order valence-corrected chi connectivity index (χ2v) is 6.63. The summed E-state index contributed by atoms with van der Waals surface area (Å²) in [5.41, 5.74) is 1.50. The first-order valence-electron chi connectivity index (χ1n) is 6.62. The normalized spacial score (nSPS) is 19.9. The van der Waals surface area contributed by atoms with Crippen LogP contribution in [-0.4, -0.2) is 5.33 Å². The van der Waals surface area contributed by atoms with Gasteiger partial charge in [-0.15, -0.1) is 0 Å². The van der Waals surface area contributed by atoms with Gasteiger partial charge in [0.2, 0.25) is 0 Å². The van der Waals surface area contributed by atoms with E-state index in [1.807, 2.05) is 0 Å². The number of benzene rings is 1. The lowest BCUT2D eigenvalue weighted by Gasteiger charge is -2.25. The van der Waals surface area contributed by atoms with Crippen LogP contribution in [0.25, 0.3) is 0 Å². The van der Waals surface area contributed by atoms with Crippen molar-refractivity contribution >= 4 is 31.9 Å². The van der Waals surface area contributed by atoms with Crippen LogP contribution in [0.2, 0.25) is 0 Å². The molecule has 1 saturated carbocycles. The molecule has 1 aliphatic carbocycles. The molecule has 2 heteroatoms. The predicted octanol–water partition coefficient (Wildman–Crippen LogP) is 5.90. The molecule has 0 heterocycles. The second-order valence-electron chi connectivity index (χ2n) is 5.06. The van der Waals surface area contributed by atoms with Crippen LogP contribution in [0.5, 0.6) is 0 Å². The lowest BCUT2D eigenvalue weighted by molar-refractivity contribution is 0.400. The van der Waals surface area contributed by atoms with Crippen LogP contribution >= 0.6 is 31.9 Å². The summed E-state index contributed by atoms with van der Waals surface area (Å²) in [4.78, 5) is 0. The molecule has 0 saturated heterocycles. The van der Waals surface area contributed by atoms with Crippen molar-refractivity contribution in [3.63, 3.8) is 0 Å². The third-order valence-corrected chi connectivity index (χ3v) is 5.16. The quantitative estimate of drug-likeness (QED) is 0.465. The van der Waals surface area contributed by atoms with E-state index in [-0.39, 0.29) is 0 Å². The summed E-state index contributed by atoms with van der Waals surface area (Å²) in [7, 11) is 0.